The molecular formula is C22H26N2O3. The molecule has 27 heavy (non-hydrogen) atoms. The second-order valence-electron chi connectivity index (χ2n) is 6.94. The lowest BCUT2D eigenvalue weighted by Gasteiger charge is -2.32. The van der Waals surface area contributed by atoms with Gasteiger partial charge in [0.05, 0.1) is 13.2 Å². The van der Waals surface area contributed by atoms with E-state index in [-0.39, 0.29) is 23.8 Å². The highest BCUT2D eigenvalue weighted by molar-refractivity contribution is 5.94. The minimum atomic E-state index is -0.0453. The molecule has 0 aromatic heterocycles. The highest BCUT2D eigenvalue weighted by Crippen LogP contribution is 2.22. The summed E-state index contributed by atoms with van der Waals surface area (Å²) in [4.78, 5) is 27.0. The van der Waals surface area contributed by atoms with Crippen LogP contribution in [0.3, 0.4) is 0 Å². The molecule has 3 rings (SSSR count). The molecule has 1 saturated heterocycles. The van der Waals surface area contributed by atoms with Crippen LogP contribution in [-0.4, -0.2) is 36.9 Å². The maximum absolute atomic E-state index is 12.6. The van der Waals surface area contributed by atoms with Crippen LogP contribution in [0.25, 0.3) is 0 Å². The average Bonchev–Trinajstić information content (AvgIpc) is 2.74. The Balaban J connectivity index is 1.51. The molecular weight excluding hydrogens is 340 g/mol. The summed E-state index contributed by atoms with van der Waals surface area (Å²) in [6, 6.07) is 17.1. The Morgan fingerprint density at radius 3 is 2.26 bits per heavy atom. The third-order valence-corrected chi connectivity index (χ3v) is 5.15. The summed E-state index contributed by atoms with van der Waals surface area (Å²) in [5.41, 5.74) is 1.74. The van der Waals surface area contributed by atoms with E-state index in [1.165, 1.54) is 0 Å². The molecule has 1 heterocycles. The first kappa shape index (κ1) is 19.0. The van der Waals surface area contributed by atoms with Crippen molar-refractivity contribution in [1.29, 1.82) is 0 Å². The van der Waals surface area contributed by atoms with Gasteiger partial charge in [0.1, 0.15) is 5.75 Å². The third-order valence-electron chi connectivity index (χ3n) is 5.15. The van der Waals surface area contributed by atoms with Crippen molar-refractivity contribution in [3.05, 3.63) is 65.7 Å². The number of rotatable bonds is 5. The van der Waals surface area contributed by atoms with Crippen molar-refractivity contribution in [2.75, 3.05) is 20.2 Å². The van der Waals surface area contributed by atoms with Crippen LogP contribution in [0.5, 0.6) is 5.75 Å². The van der Waals surface area contributed by atoms with E-state index in [0.717, 1.165) is 11.3 Å². The number of carbonyl (C=O) groups excluding carboxylic acids is 2. The number of likely N-dealkylation sites (tertiary alicyclic amines) is 1. The number of hydrogen-bond acceptors (Lipinski definition) is 3. The summed E-state index contributed by atoms with van der Waals surface area (Å²) in [6.45, 7) is 3.20. The van der Waals surface area contributed by atoms with Crippen LogP contribution < -0.4 is 10.1 Å². The zero-order chi connectivity index (χ0) is 19.2. The smallest absolute Gasteiger partial charge is 0.253 e. The number of benzene rings is 2. The van der Waals surface area contributed by atoms with Gasteiger partial charge in [0.2, 0.25) is 5.91 Å². The minimum Gasteiger partial charge on any atom is -0.497 e. The Kier molecular flexibility index (Phi) is 6.12. The molecule has 5 nitrogen and oxygen atoms in total. The molecule has 2 aromatic carbocycles. The van der Waals surface area contributed by atoms with Gasteiger partial charge in [-0.25, -0.2) is 0 Å². The SMILES string of the molecule is COc1ccc(C(=O)N2CCC(C(=O)N[C@@H](C)c3ccccc3)CC2)cc1. The second-order valence-corrected chi connectivity index (χ2v) is 6.94. The third kappa shape index (κ3) is 4.67. The van der Waals surface area contributed by atoms with Crippen LogP contribution in [-0.2, 0) is 4.79 Å². The van der Waals surface area contributed by atoms with Crippen molar-refractivity contribution in [2.45, 2.75) is 25.8 Å². The number of nitrogens with one attached hydrogen (secondary N) is 1. The Labute approximate surface area is 160 Å². The van der Waals surface area contributed by atoms with Gasteiger partial charge in [-0.1, -0.05) is 30.3 Å². The molecule has 0 radical (unpaired) electrons. The fourth-order valence-corrected chi connectivity index (χ4v) is 3.42. The molecule has 2 amide bonds. The molecule has 0 saturated carbocycles. The molecule has 5 heteroatoms. The Bertz CT molecular complexity index is 766. The van der Waals surface area contributed by atoms with E-state index < -0.39 is 0 Å². The second kappa shape index (κ2) is 8.71. The fourth-order valence-electron chi connectivity index (χ4n) is 3.42. The van der Waals surface area contributed by atoms with Gasteiger partial charge in [-0.2, -0.15) is 0 Å². The monoisotopic (exact) mass is 366 g/mol. The first-order valence-corrected chi connectivity index (χ1v) is 9.37. The summed E-state index contributed by atoms with van der Waals surface area (Å²) in [5.74, 6) is 0.766. The molecule has 1 aliphatic rings. The van der Waals surface area contributed by atoms with Crippen molar-refractivity contribution in [3.63, 3.8) is 0 Å². The van der Waals surface area contributed by atoms with Gasteiger partial charge in [0, 0.05) is 24.6 Å². The van der Waals surface area contributed by atoms with Gasteiger partial charge >= 0.3 is 0 Å². The van der Waals surface area contributed by atoms with Crippen LogP contribution in [0.4, 0.5) is 0 Å². The van der Waals surface area contributed by atoms with E-state index in [1.807, 2.05) is 42.2 Å². The van der Waals surface area contributed by atoms with Crippen molar-refractivity contribution in [3.8, 4) is 5.75 Å². The molecule has 2 aromatic rings. The normalized spacial score (nSPS) is 15.9. The number of nitrogens with zero attached hydrogens (tertiary/aromatic N) is 1. The fraction of sp³-hybridized carbons (Fsp3) is 0.364. The molecule has 0 aliphatic carbocycles. The Morgan fingerprint density at radius 1 is 1.04 bits per heavy atom. The molecule has 1 N–H and O–H groups in total. The van der Waals surface area contributed by atoms with Crippen LogP contribution in [0.2, 0.25) is 0 Å². The number of piperidine rings is 1. The van der Waals surface area contributed by atoms with Crippen molar-refractivity contribution < 1.29 is 14.3 Å². The maximum atomic E-state index is 12.6. The van der Waals surface area contributed by atoms with Crippen LogP contribution in [0.15, 0.2) is 54.6 Å². The zero-order valence-electron chi connectivity index (χ0n) is 15.9. The highest BCUT2D eigenvalue weighted by atomic mass is 16.5. The van der Waals surface area contributed by atoms with Crippen LogP contribution >= 0.6 is 0 Å². The van der Waals surface area contributed by atoms with Gasteiger partial charge in [0.25, 0.3) is 5.91 Å². The minimum absolute atomic E-state index is 0.00849. The zero-order valence-corrected chi connectivity index (χ0v) is 15.9. The first-order chi connectivity index (χ1) is 13.1. The highest BCUT2D eigenvalue weighted by Gasteiger charge is 2.28. The van der Waals surface area contributed by atoms with Crippen molar-refractivity contribution in [1.82, 2.24) is 10.2 Å². The number of amides is 2. The lowest BCUT2D eigenvalue weighted by atomic mass is 9.94. The van der Waals surface area contributed by atoms with E-state index in [1.54, 1.807) is 31.4 Å². The van der Waals surface area contributed by atoms with Crippen molar-refractivity contribution >= 4 is 11.8 Å². The number of methoxy groups -OCH3 is 1. The summed E-state index contributed by atoms with van der Waals surface area (Å²) < 4.78 is 5.13. The van der Waals surface area contributed by atoms with E-state index >= 15 is 0 Å². The topological polar surface area (TPSA) is 58.6 Å². The summed E-state index contributed by atoms with van der Waals surface area (Å²) in [5, 5.41) is 3.10. The van der Waals surface area contributed by atoms with E-state index in [9.17, 15) is 9.59 Å². The maximum Gasteiger partial charge on any atom is 0.253 e. The van der Waals surface area contributed by atoms with Gasteiger partial charge in [-0.05, 0) is 49.6 Å². The van der Waals surface area contributed by atoms with E-state index in [0.29, 0.717) is 31.5 Å². The number of ether oxygens (including phenoxy) is 1. The Morgan fingerprint density at radius 2 is 1.67 bits per heavy atom. The lowest BCUT2D eigenvalue weighted by molar-refractivity contribution is -0.126. The van der Waals surface area contributed by atoms with Gasteiger partial charge in [-0.15, -0.1) is 0 Å². The quantitative estimate of drug-likeness (QED) is 0.882. The molecule has 142 valence electrons. The summed E-state index contributed by atoms with van der Waals surface area (Å²) >= 11 is 0. The molecule has 1 atom stereocenters. The number of hydrogen-bond donors (Lipinski definition) is 1. The summed E-state index contributed by atoms with van der Waals surface area (Å²) in [7, 11) is 1.60. The largest absolute Gasteiger partial charge is 0.497 e. The standard InChI is InChI=1S/C22H26N2O3/c1-16(17-6-4-3-5-7-17)23-21(25)18-12-14-24(15-13-18)22(26)19-8-10-20(27-2)11-9-19/h3-11,16,18H,12-15H2,1-2H3,(H,23,25)/t16-/m0/s1. The van der Waals surface area contributed by atoms with Gasteiger partial charge < -0.3 is 15.0 Å². The van der Waals surface area contributed by atoms with E-state index in [4.69, 9.17) is 4.74 Å². The molecule has 0 spiro atoms. The van der Waals surface area contributed by atoms with E-state index in [2.05, 4.69) is 5.32 Å². The molecule has 1 aliphatic heterocycles. The molecule has 0 unspecified atom stereocenters. The molecule has 1 fully saturated rings. The predicted octanol–water partition coefficient (Wildman–Crippen LogP) is 3.42. The summed E-state index contributed by atoms with van der Waals surface area (Å²) in [6.07, 6.45) is 1.38. The van der Waals surface area contributed by atoms with Gasteiger partial charge in [-0.3, -0.25) is 9.59 Å². The van der Waals surface area contributed by atoms with Gasteiger partial charge in [0.15, 0.2) is 0 Å². The lowest BCUT2D eigenvalue weighted by Crippen LogP contribution is -2.43. The van der Waals surface area contributed by atoms with Crippen LogP contribution in [0, 0.1) is 5.92 Å². The first-order valence-electron chi connectivity index (χ1n) is 9.37. The van der Waals surface area contributed by atoms with Crippen LogP contribution in [0.1, 0.15) is 41.7 Å². The number of carbonyl (C=O) groups is 2. The predicted molar refractivity (Wildman–Crippen MR) is 105 cm³/mol. The molecule has 0 bridgehead atoms. The Hall–Kier alpha value is -2.82. The van der Waals surface area contributed by atoms with Crippen molar-refractivity contribution in [2.24, 2.45) is 5.92 Å². The average molecular weight is 366 g/mol.